The number of hydrogen-bond donors (Lipinski definition) is 0. The minimum atomic E-state index is -3.34. The first kappa shape index (κ1) is 16.9. The number of hydrogen-bond acceptors (Lipinski definition) is 5. The SMILES string of the molecule is CCOC1CCN(CCS(=O)(=O)c2cccc(C#N)c2)CC1. The van der Waals surface area contributed by atoms with E-state index in [2.05, 4.69) is 4.90 Å². The lowest BCUT2D eigenvalue weighted by Gasteiger charge is -2.31. The van der Waals surface area contributed by atoms with Crippen molar-refractivity contribution in [3.8, 4) is 6.07 Å². The third kappa shape index (κ3) is 4.54. The van der Waals surface area contributed by atoms with Crippen LogP contribution in [0.2, 0.25) is 0 Å². The van der Waals surface area contributed by atoms with Gasteiger partial charge < -0.3 is 9.64 Å². The van der Waals surface area contributed by atoms with Crippen LogP contribution >= 0.6 is 0 Å². The summed E-state index contributed by atoms with van der Waals surface area (Å²) in [5, 5.41) is 8.87. The third-order valence-electron chi connectivity index (χ3n) is 3.94. The zero-order chi connectivity index (χ0) is 16.0. The van der Waals surface area contributed by atoms with E-state index in [-0.39, 0.29) is 10.6 Å². The van der Waals surface area contributed by atoms with Crippen LogP contribution in [-0.4, -0.2) is 51.4 Å². The molecule has 2 rings (SSSR count). The Labute approximate surface area is 132 Å². The highest BCUT2D eigenvalue weighted by Crippen LogP contribution is 2.16. The van der Waals surface area contributed by atoms with Crippen LogP contribution in [0.25, 0.3) is 0 Å². The molecule has 1 saturated heterocycles. The maximum absolute atomic E-state index is 12.3. The summed E-state index contributed by atoms with van der Waals surface area (Å²) in [5.41, 5.74) is 0.374. The summed E-state index contributed by atoms with van der Waals surface area (Å²) in [6.45, 7) is 5.00. The average molecular weight is 322 g/mol. The van der Waals surface area contributed by atoms with Gasteiger partial charge in [0, 0.05) is 26.2 Å². The van der Waals surface area contributed by atoms with E-state index in [1.54, 1.807) is 18.2 Å². The fourth-order valence-electron chi connectivity index (χ4n) is 2.66. The van der Waals surface area contributed by atoms with E-state index in [1.165, 1.54) is 6.07 Å². The van der Waals surface area contributed by atoms with Crippen molar-refractivity contribution in [1.82, 2.24) is 4.90 Å². The Hall–Kier alpha value is -1.42. The third-order valence-corrected chi connectivity index (χ3v) is 5.63. The number of rotatable bonds is 6. The fraction of sp³-hybridized carbons (Fsp3) is 0.562. The molecule has 0 unspecified atom stereocenters. The highest BCUT2D eigenvalue weighted by atomic mass is 32.2. The van der Waals surface area contributed by atoms with Crippen molar-refractivity contribution >= 4 is 9.84 Å². The first-order valence-electron chi connectivity index (χ1n) is 7.62. The van der Waals surface area contributed by atoms with Gasteiger partial charge >= 0.3 is 0 Å². The monoisotopic (exact) mass is 322 g/mol. The van der Waals surface area contributed by atoms with Crippen LogP contribution in [0.4, 0.5) is 0 Å². The first-order valence-corrected chi connectivity index (χ1v) is 9.27. The van der Waals surface area contributed by atoms with Crippen molar-refractivity contribution in [3.63, 3.8) is 0 Å². The molecule has 0 radical (unpaired) electrons. The Kier molecular flexibility index (Phi) is 5.95. The Bertz CT molecular complexity index is 629. The van der Waals surface area contributed by atoms with E-state index in [0.717, 1.165) is 32.5 Å². The maximum Gasteiger partial charge on any atom is 0.179 e. The molecule has 1 aromatic rings. The quantitative estimate of drug-likeness (QED) is 0.799. The van der Waals surface area contributed by atoms with Gasteiger partial charge in [0.1, 0.15) is 0 Å². The molecular weight excluding hydrogens is 300 g/mol. The smallest absolute Gasteiger partial charge is 0.179 e. The Balaban J connectivity index is 1.89. The van der Waals surface area contributed by atoms with Gasteiger partial charge in [0.25, 0.3) is 0 Å². The molecule has 120 valence electrons. The van der Waals surface area contributed by atoms with Crippen molar-refractivity contribution in [2.75, 3.05) is 32.0 Å². The molecular formula is C16H22N2O3S. The molecule has 1 aromatic carbocycles. The van der Waals surface area contributed by atoms with Gasteiger partial charge in [-0.15, -0.1) is 0 Å². The standard InChI is InChI=1S/C16H22N2O3S/c1-2-21-15-6-8-18(9-7-15)10-11-22(19,20)16-5-3-4-14(12-16)13-17/h3-5,12,15H,2,6-11H2,1H3. The molecule has 6 heteroatoms. The van der Waals surface area contributed by atoms with Crippen molar-refractivity contribution in [2.45, 2.75) is 30.8 Å². The molecule has 0 saturated carbocycles. The fourth-order valence-corrected chi connectivity index (χ4v) is 3.99. The Morgan fingerprint density at radius 2 is 2.09 bits per heavy atom. The molecule has 0 bridgehead atoms. The molecule has 0 atom stereocenters. The molecule has 0 spiro atoms. The normalized spacial score (nSPS) is 17.3. The summed E-state index contributed by atoms with van der Waals surface area (Å²) in [6, 6.07) is 8.19. The number of benzene rings is 1. The average Bonchev–Trinajstić information content (AvgIpc) is 2.55. The lowest BCUT2D eigenvalue weighted by atomic mass is 10.1. The largest absolute Gasteiger partial charge is 0.378 e. The molecule has 22 heavy (non-hydrogen) atoms. The van der Waals surface area contributed by atoms with E-state index >= 15 is 0 Å². The highest BCUT2D eigenvalue weighted by molar-refractivity contribution is 7.91. The van der Waals surface area contributed by atoms with Crippen molar-refractivity contribution in [2.24, 2.45) is 0 Å². The minimum Gasteiger partial charge on any atom is -0.378 e. The molecule has 1 fully saturated rings. The van der Waals surface area contributed by atoms with Gasteiger partial charge in [-0.1, -0.05) is 6.07 Å². The Morgan fingerprint density at radius 1 is 1.36 bits per heavy atom. The second kappa shape index (κ2) is 7.73. The van der Waals surface area contributed by atoms with Crippen LogP contribution in [0.1, 0.15) is 25.3 Å². The zero-order valence-electron chi connectivity index (χ0n) is 12.9. The molecule has 1 aliphatic heterocycles. The molecule has 0 N–H and O–H groups in total. The summed E-state index contributed by atoms with van der Waals surface area (Å²) < 4.78 is 30.3. The highest BCUT2D eigenvalue weighted by Gasteiger charge is 2.22. The van der Waals surface area contributed by atoms with Crippen molar-refractivity contribution in [1.29, 1.82) is 5.26 Å². The van der Waals surface area contributed by atoms with Gasteiger partial charge in [0.2, 0.25) is 0 Å². The number of likely N-dealkylation sites (tertiary alicyclic amines) is 1. The van der Waals surface area contributed by atoms with Crippen LogP contribution in [0.5, 0.6) is 0 Å². The lowest BCUT2D eigenvalue weighted by Crippen LogP contribution is -2.39. The number of nitrogens with zero attached hydrogens (tertiary/aromatic N) is 2. The second-order valence-electron chi connectivity index (χ2n) is 5.45. The van der Waals surface area contributed by atoms with Crippen LogP contribution in [0, 0.1) is 11.3 Å². The molecule has 1 heterocycles. The van der Waals surface area contributed by atoms with E-state index in [1.807, 2.05) is 13.0 Å². The zero-order valence-corrected chi connectivity index (χ0v) is 13.7. The van der Waals surface area contributed by atoms with Crippen LogP contribution in [-0.2, 0) is 14.6 Å². The Morgan fingerprint density at radius 3 is 2.73 bits per heavy atom. The summed E-state index contributed by atoms with van der Waals surface area (Å²) in [6.07, 6.45) is 2.22. The van der Waals surface area contributed by atoms with E-state index < -0.39 is 9.84 Å². The second-order valence-corrected chi connectivity index (χ2v) is 7.56. The van der Waals surface area contributed by atoms with Crippen molar-refractivity contribution in [3.05, 3.63) is 29.8 Å². The molecule has 5 nitrogen and oxygen atoms in total. The number of piperidine rings is 1. The summed E-state index contributed by atoms with van der Waals surface area (Å²) in [4.78, 5) is 2.40. The minimum absolute atomic E-state index is 0.0845. The molecule has 0 aromatic heterocycles. The topological polar surface area (TPSA) is 70.4 Å². The van der Waals surface area contributed by atoms with E-state index in [0.29, 0.717) is 18.2 Å². The van der Waals surface area contributed by atoms with Crippen molar-refractivity contribution < 1.29 is 13.2 Å². The van der Waals surface area contributed by atoms with E-state index in [4.69, 9.17) is 10.00 Å². The number of ether oxygens (including phenoxy) is 1. The van der Waals surface area contributed by atoms with Gasteiger partial charge in [-0.3, -0.25) is 0 Å². The maximum atomic E-state index is 12.3. The summed E-state index contributed by atoms with van der Waals surface area (Å²) in [5.74, 6) is 0.0845. The summed E-state index contributed by atoms with van der Waals surface area (Å²) >= 11 is 0. The predicted octanol–water partition coefficient (Wildman–Crippen LogP) is 1.83. The van der Waals surface area contributed by atoms with E-state index in [9.17, 15) is 8.42 Å². The van der Waals surface area contributed by atoms with Gasteiger partial charge in [0.05, 0.1) is 28.4 Å². The number of nitriles is 1. The van der Waals surface area contributed by atoms with Gasteiger partial charge in [-0.05, 0) is 38.0 Å². The van der Waals surface area contributed by atoms with Gasteiger partial charge in [-0.25, -0.2) is 8.42 Å². The molecule has 1 aliphatic rings. The predicted molar refractivity (Wildman–Crippen MR) is 84.3 cm³/mol. The molecule has 0 amide bonds. The van der Waals surface area contributed by atoms with Gasteiger partial charge in [0.15, 0.2) is 9.84 Å². The lowest BCUT2D eigenvalue weighted by molar-refractivity contribution is 0.0156. The molecule has 0 aliphatic carbocycles. The summed E-state index contributed by atoms with van der Waals surface area (Å²) in [7, 11) is -3.34. The van der Waals surface area contributed by atoms with Crippen LogP contribution in [0.3, 0.4) is 0 Å². The van der Waals surface area contributed by atoms with Crippen LogP contribution < -0.4 is 0 Å². The van der Waals surface area contributed by atoms with Gasteiger partial charge in [-0.2, -0.15) is 5.26 Å². The van der Waals surface area contributed by atoms with Crippen LogP contribution in [0.15, 0.2) is 29.2 Å². The number of sulfone groups is 1. The first-order chi connectivity index (χ1) is 10.5.